The molecule has 1 unspecified atom stereocenters. The van der Waals surface area contributed by atoms with Crippen molar-refractivity contribution in [3.05, 3.63) is 0 Å². The third kappa shape index (κ3) is 8.29. The molecule has 0 saturated carbocycles. The van der Waals surface area contributed by atoms with Crippen molar-refractivity contribution in [2.75, 3.05) is 32.9 Å². The van der Waals surface area contributed by atoms with E-state index in [2.05, 4.69) is 18.7 Å². The molecule has 0 amide bonds. The zero-order valence-corrected chi connectivity index (χ0v) is 14.4. The predicted octanol–water partition coefficient (Wildman–Crippen LogP) is 1.79. The fraction of sp³-hybridized carbons (Fsp3) is 1.00. The van der Waals surface area contributed by atoms with E-state index in [4.69, 9.17) is 19.6 Å². The van der Waals surface area contributed by atoms with E-state index in [1.54, 1.807) is 0 Å². The van der Waals surface area contributed by atoms with Crippen LogP contribution in [0.3, 0.4) is 0 Å². The Morgan fingerprint density at radius 3 is 1.86 bits per heavy atom. The van der Waals surface area contributed by atoms with Crippen molar-refractivity contribution in [1.82, 2.24) is 4.90 Å². The van der Waals surface area contributed by atoms with E-state index in [0.29, 0.717) is 25.9 Å². The first kappa shape index (κ1) is 21.0. The van der Waals surface area contributed by atoms with E-state index in [-0.39, 0.29) is 25.4 Å². The maximum absolute atomic E-state index is 11.0. The van der Waals surface area contributed by atoms with Crippen molar-refractivity contribution >= 4 is 8.25 Å². The number of aliphatic hydroxyl groups is 2. The molecule has 7 heteroatoms. The molecule has 0 aliphatic carbocycles. The van der Waals surface area contributed by atoms with Crippen molar-refractivity contribution in [3.8, 4) is 0 Å². The van der Waals surface area contributed by atoms with Gasteiger partial charge in [-0.2, -0.15) is 0 Å². The Bertz CT molecular complexity index is 264. The quantitative estimate of drug-likeness (QED) is 0.422. The van der Waals surface area contributed by atoms with Crippen LogP contribution in [-0.4, -0.2) is 58.5 Å². The summed E-state index contributed by atoms with van der Waals surface area (Å²) < 4.78 is 16.1. The summed E-state index contributed by atoms with van der Waals surface area (Å²) in [5, 5.41) is 18.2. The van der Waals surface area contributed by atoms with Crippen molar-refractivity contribution in [2.24, 2.45) is 0 Å². The maximum atomic E-state index is 11.0. The van der Waals surface area contributed by atoms with E-state index in [0.717, 1.165) is 25.7 Å². The highest BCUT2D eigenvalue weighted by Crippen LogP contribution is 2.31. The van der Waals surface area contributed by atoms with Gasteiger partial charge in [-0.05, 0) is 25.7 Å². The summed E-state index contributed by atoms with van der Waals surface area (Å²) in [5.41, 5.74) is -0.295. The number of aliphatic hydroxyl groups excluding tert-OH is 2. The highest BCUT2D eigenvalue weighted by Gasteiger charge is 2.35. The number of hydrogen-bond donors (Lipinski definition) is 3. The van der Waals surface area contributed by atoms with Gasteiger partial charge in [-0.1, -0.05) is 26.7 Å². The number of rotatable bonds is 14. The lowest BCUT2D eigenvalue weighted by molar-refractivity contribution is 0.0142. The highest BCUT2D eigenvalue weighted by atomic mass is 31.1. The van der Waals surface area contributed by atoms with Gasteiger partial charge in [0.1, 0.15) is 0 Å². The van der Waals surface area contributed by atoms with Crippen molar-refractivity contribution < 1.29 is 24.2 Å². The van der Waals surface area contributed by atoms with Gasteiger partial charge >= 0.3 is 8.25 Å². The van der Waals surface area contributed by atoms with Crippen molar-refractivity contribution in [3.63, 3.8) is 0 Å². The minimum atomic E-state index is -2.95. The summed E-state index contributed by atoms with van der Waals surface area (Å²) in [6.07, 6.45) is 4.93. The Hall–Kier alpha value is 0.0300. The van der Waals surface area contributed by atoms with Crippen LogP contribution in [0.2, 0.25) is 0 Å². The Morgan fingerprint density at radius 2 is 1.52 bits per heavy atom. The van der Waals surface area contributed by atoms with Crippen molar-refractivity contribution in [1.29, 1.82) is 0 Å². The molecule has 0 heterocycles. The highest BCUT2D eigenvalue weighted by molar-refractivity contribution is 7.32. The molecule has 0 aliphatic heterocycles. The molecule has 0 spiro atoms. The van der Waals surface area contributed by atoms with Crippen LogP contribution in [0.5, 0.6) is 0 Å². The zero-order valence-electron chi connectivity index (χ0n) is 13.4. The average molecular weight is 325 g/mol. The maximum Gasteiger partial charge on any atom is 0.316 e. The molecule has 0 aromatic heterocycles. The summed E-state index contributed by atoms with van der Waals surface area (Å²) in [4.78, 5) is 11.2. The second kappa shape index (κ2) is 12.6. The molecule has 128 valence electrons. The van der Waals surface area contributed by atoms with Crippen LogP contribution in [0, 0.1) is 0 Å². The van der Waals surface area contributed by atoms with Crippen LogP contribution in [0.25, 0.3) is 0 Å². The predicted molar refractivity (Wildman–Crippen MR) is 84.7 cm³/mol. The summed E-state index contributed by atoms with van der Waals surface area (Å²) >= 11 is 0. The van der Waals surface area contributed by atoms with Gasteiger partial charge in [0.25, 0.3) is 0 Å². The molecular formula is C14H32NO5P. The molecule has 3 N–H and O–H groups in total. The average Bonchev–Trinajstić information content (AvgIpc) is 2.45. The number of hydrogen-bond acceptors (Lipinski definition) is 5. The molecule has 0 radical (unpaired) electrons. The third-order valence-corrected chi connectivity index (χ3v) is 4.13. The van der Waals surface area contributed by atoms with Crippen LogP contribution in [-0.2, 0) is 9.09 Å². The van der Waals surface area contributed by atoms with Gasteiger partial charge in [0, 0.05) is 31.8 Å². The fourth-order valence-electron chi connectivity index (χ4n) is 2.91. The smallest absolute Gasteiger partial charge is 0.316 e. The minimum absolute atomic E-state index is 0.113. The third-order valence-electron chi connectivity index (χ3n) is 3.74. The van der Waals surface area contributed by atoms with Gasteiger partial charge in [0.2, 0.25) is 0 Å². The summed E-state index contributed by atoms with van der Waals surface area (Å²) in [6, 6.07) is 0. The van der Waals surface area contributed by atoms with Gasteiger partial charge in [-0.3, -0.25) is 9.46 Å². The number of nitrogens with zero attached hydrogens (tertiary/aromatic N) is 1. The van der Waals surface area contributed by atoms with E-state index in [9.17, 15) is 4.57 Å². The first-order valence-electron chi connectivity index (χ1n) is 7.88. The first-order valence-corrected chi connectivity index (χ1v) is 9.15. The van der Waals surface area contributed by atoms with E-state index in [1.807, 2.05) is 0 Å². The van der Waals surface area contributed by atoms with Gasteiger partial charge in [0.15, 0.2) is 0 Å². The molecule has 0 rings (SSSR count). The molecule has 1 atom stereocenters. The zero-order chi connectivity index (χ0) is 16.1. The fourth-order valence-corrected chi connectivity index (χ4v) is 3.31. The summed E-state index contributed by atoms with van der Waals surface area (Å²) in [6.45, 7) is 6.02. The Balaban J connectivity index is 5.12. The van der Waals surface area contributed by atoms with E-state index >= 15 is 0 Å². The van der Waals surface area contributed by atoms with Gasteiger partial charge in [0.05, 0.1) is 6.61 Å². The van der Waals surface area contributed by atoms with Crippen LogP contribution < -0.4 is 0 Å². The lowest BCUT2D eigenvalue weighted by Gasteiger charge is -2.44. The second-order valence-corrected chi connectivity index (χ2v) is 6.24. The SMILES string of the molecule is CCCC(CCC)(CO[PH](=O)O)N(CCCO)CCCO. The molecule has 6 nitrogen and oxygen atoms in total. The lowest BCUT2D eigenvalue weighted by Crippen LogP contribution is -2.53. The molecule has 0 aliphatic rings. The normalized spacial score (nSPS) is 13.8. The van der Waals surface area contributed by atoms with Crippen molar-refractivity contribution in [2.45, 2.75) is 57.9 Å². The Morgan fingerprint density at radius 1 is 1.05 bits per heavy atom. The summed E-state index contributed by atoms with van der Waals surface area (Å²) in [5.74, 6) is 0. The molecular weight excluding hydrogens is 293 g/mol. The standard InChI is InChI=1S/C14H32NO5P/c1-3-7-14(8-4-2,13-20-21(18)19)15(9-5-11-16)10-6-12-17/h16-17,21H,3-13H2,1-2H3,(H,18,19). The Labute approximate surface area is 129 Å². The minimum Gasteiger partial charge on any atom is -0.396 e. The first-order chi connectivity index (χ1) is 10.1. The van der Waals surface area contributed by atoms with E-state index < -0.39 is 8.25 Å². The molecule has 21 heavy (non-hydrogen) atoms. The summed E-state index contributed by atoms with van der Waals surface area (Å²) in [7, 11) is -2.95. The van der Waals surface area contributed by atoms with Gasteiger partial charge in [-0.15, -0.1) is 0 Å². The lowest BCUT2D eigenvalue weighted by atomic mass is 9.87. The largest absolute Gasteiger partial charge is 0.396 e. The molecule has 0 bridgehead atoms. The van der Waals surface area contributed by atoms with Crippen LogP contribution >= 0.6 is 8.25 Å². The van der Waals surface area contributed by atoms with Gasteiger partial charge < -0.3 is 19.6 Å². The monoisotopic (exact) mass is 325 g/mol. The topological polar surface area (TPSA) is 90.2 Å². The van der Waals surface area contributed by atoms with Crippen LogP contribution in [0.1, 0.15) is 52.4 Å². The molecule has 0 aromatic rings. The van der Waals surface area contributed by atoms with Crippen LogP contribution in [0.4, 0.5) is 0 Å². The Kier molecular flexibility index (Phi) is 12.6. The van der Waals surface area contributed by atoms with Gasteiger partial charge in [-0.25, -0.2) is 0 Å². The second-order valence-electron chi connectivity index (χ2n) is 5.42. The van der Waals surface area contributed by atoms with Crippen LogP contribution in [0.15, 0.2) is 0 Å². The molecule has 0 fully saturated rings. The van der Waals surface area contributed by atoms with E-state index in [1.165, 1.54) is 0 Å². The molecule has 0 aromatic carbocycles. The molecule has 0 saturated heterocycles.